The molecule has 0 radical (unpaired) electrons. The van der Waals surface area contributed by atoms with Crippen LogP contribution in [0.5, 0.6) is 0 Å². The van der Waals surface area contributed by atoms with Gasteiger partial charge in [-0.2, -0.15) is 0 Å². The van der Waals surface area contributed by atoms with Gasteiger partial charge in [0.25, 0.3) is 0 Å². The van der Waals surface area contributed by atoms with Crippen molar-refractivity contribution in [3.05, 3.63) is 122 Å². The first-order chi connectivity index (χ1) is 20.3. The van der Waals surface area contributed by atoms with E-state index in [4.69, 9.17) is 24.9 Å². The molecule has 6 aromatic heterocycles. The summed E-state index contributed by atoms with van der Waals surface area (Å²) in [4.78, 5) is 33.4. The fourth-order valence-electron chi connectivity index (χ4n) is 5.08. The summed E-state index contributed by atoms with van der Waals surface area (Å²) in [5.74, 6) is 1.50. The van der Waals surface area contributed by atoms with E-state index >= 15 is 0 Å². The second-order valence-corrected chi connectivity index (χ2v) is 9.54. The smallest absolute Gasteiger partial charge is 0.182 e. The molecule has 0 bridgehead atoms. The molecule has 41 heavy (non-hydrogen) atoms. The SMILES string of the molecule is c1ccc(-c2nc(-c3cccc(-c4nc5c(nc6ccccn65)c5ccccc45)c3)nc(-c3ccccn3)n2)nc1. The molecule has 0 saturated carbocycles. The zero-order valence-corrected chi connectivity index (χ0v) is 21.6. The van der Waals surface area contributed by atoms with E-state index in [0.717, 1.165) is 44.4 Å². The van der Waals surface area contributed by atoms with E-state index in [2.05, 4.69) is 34.2 Å². The summed E-state index contributed by atoms with van der Waals surface area (Å²) in [6.07, 6.45) is 5.45. The van der Waals surface area contributed by atoms with Crippen LogP contribution in [0, 0.1) is 0 Å². The Morgan fingerprint density at radius 1 is 0.488 bits per heavy atom. The van der Waals surface area contributed by atoms with Crippen molar-refractivity contribution < 1.29 is 0 Å². The Labute approximate surface area is 234 Å². The Hall–Kier alpha value is -5.89. The first kappa shape index (κ1) is 23.0. The Kier molecular flexibility index (Phi) is 5.28. The number of fused-ring (bicyclic) bond motifs is 5. The number of nitrogens with zero attached hydrogens (tertiary/aromatic N) is 8. The van der Waals surface area contributed by atoms with E-state index < -0.39 is 0 Å². The highest BCUT2D eigenvalue weighted by Gasteiger charge is 2.17. The largest absolute Gasteiger partial charge is 0.284 e. The topological polar surface area (TPSA) is 94.6 Å². The van der Waals surface area contributed by atoms with E-state index in [9.17, 15) is 0 Å². The van der Waals surface area contributed by atoms with Gasteiger partial charge in [0.05, 0.1) is 5.69 Å². The summed E-state index contributed by atoms with van der Waals surface area (Å²) < 4.78 is 2.03. The molecule has 0 fully saturated rings. The Morgan fingerprint density at radius 2 is 1.15 bits per heavy atom. The third-order valence-electron chi connectivity index (χ3n) is 6.98. The van der Waals surface area contributed by atoms with Crippen LogP contribution in [-0.2, 0) is 0 Å². The first-order valence-electron chi connectivity index (χ1n) is 13.2. The highest BCUT2D eigenvalue weighted by Crippen LogP contribution is 2.34. The van der Waals surface area contributed by atoms with Gasteiger partial charge in [0.1, 0.15) is 22.6 Å². The second-order valence-electron chi connectivity index (χ2n) is 9.54. The molecule has 8 rings (SSSR count). The van der Waals surface area contributed by atoms with E-state index in [-0.39, 0.29) is 0 Å². The number of imidazole rings is 1. The predicted molar refractivity (Wildman–Crippen MR) is 159 cm³/mol. The van der Waals surface area contributed by atoms with Crippen LogP contribution >= 0.6 is 0 Å². The fraction of sp³-hybridized carbons (Fsp3) is 0. The van der Waals surface area contributed by atoms with Gasteiger partial charge in [0, 0.05) is 40.5 Å². The van der Waals surface area contributed by atoms with Crippen molar-refractivity contribution in [3.63, 3.8) is 0 Å². The lowest BCUT2D eigenvalue weighted by Gasteiger charge is -2.10. The van der Waals surface area contributed by atoms with E-state index in [1.165, 1.54) is 0 Å². The van der Waals surface area contributed by atoms with E-state index in [1.54, 1.807) is 12.4 Å². The van der Waals surface area contributed by atoms with Crippen LogP contribution in [0.3, 0.4) is 0 Å². The zero-order valence-electron chi connectivity index (χ0n) is 21.6. The molecule has 8 nitrogen and oxygen atoms in total. The van der Waals surface area contributed by atoms with Crippen LogP contribution in [0.1, 0.15) is 0 Å². The number of aromatic nitrogens is 8. The van der Waals surface area contributed by atoms with E-state index in [1.807, 2.05) is 89.5 Å². The average molecular weight is 529 g/mol. The van der Waals surface area contributed by atoms with Crippen LogP contribution in [0.2, 0.25) is 0 Å². The van der Waals surface area contributed by atoms with Crippen molar-refractivity contribution in [1.82, 2.24) is 39.3 Å². The highest BCUT2D eigenvalue weighted by molar-refractivity contribution is 6.09. The summed E-state index contributed by atoms with van der Waals surface area (Å²) in [6.45, 7) is 0. The lowest BCUT2D eigenvalue weighted by atomic mass is 10.0. The molecule has 0 amide bonds. The lowest BCUT2D eigenvalue weighted by molar-refractivity contribution is 1.05. The zero-order chi connectivity index (χ0) is 27.2. The molecule has 0 N–H and O–H groups in total. The quantitative estimate of drug-likeness (QED) is 0.251. The van der Waals surface area contributed by atoms with Gasteiger partial charge in [-0.05, 0) is 42.5 Å². The molecular weight excluding hydrogens is 508 g/mol. The molecule has 0 atom stereocenters. The number of rotatable bonds is 4. The molecule has 0 aliphatic heterocycles. The molecule has 6 heterocycles. The molecule has 192 valence electrons. The van der Waals surface area contributed by atoms with Gasteiger partial charge in [-0.3, -0.25) is 14.4 Å². The highest BCUT2D eigenvalue weighted by atomic mass is 15.1. The standard InChI is InChI=1S/C33H20N8/c1-2-13-24-23(12-1)28(37-33-29(24)36-27-16-5-8-19-41(27)33)21-10-9-11-22(20-21)30-38-31(25-14-3-6-17-34-25)40-32(39-30)26-15-4-7-18-35-26/h1-20H. The maximum Gasteiger partial charge on any atom is 0.182 e. The van der Waals surface area contributed by atoms with Gasteiger partial charge in [-0.25, -0.2) is 24.9 Å². The van der Waals surface area contributed by atoms with E-state index in [0.29, 0.717) is 28.9 Å². The second kappa shape index (κ2) is 9.39. The van der Waals surface area contributed by atoms with Crippen molar-refractivity contribution in [1.29, 1.82) is 0 Å². The monoisotopic (exact) mass is 528 g/mol. The molecule has 0 aliphatic rings. The van der Waals surface area contributed by atoms with Gasteiger partial charge in [0.15, 0.2) is 23.1 Å². The molecule has 0 unspecified atom stereocenters. The molecule has 2 aromatic carbocycles. The molecule has 8 aromatic rings. The van der Waals surface area contributed by atoms with Crippen LogP contribution in [0.4, 0.5) is 0 Å². The molecular formula is C33H20N8. The van der Waals surface area contributed by atoms with Gasteiger partial charge in [0.2, 0.25) is 0 Å². The third kappa shape index (κ3) is 3.97. The van der Waals surface area contributed by atoms with Crippen LogP contribution < -0.4 is 0 Å². The van der Waals surface area contributed by atoms with Crippen LogP contribution in [0.25, 0.3) is 73.3 Å². The van der Waals surface area contributed by atoms with Crippen molar-refractivity contribution in [2.45, 2.75) is 0 Å². The Balaban J connectivity index is 1.34. The maximum absolute atomic E-state index is 5.15. The van der Waals surface area contributed by atoms with Crippen molar-refractivity contribution in [2.24, 2.45) is 0 Å². The van der Waals surface area contributed by atoms with Gasteiger partial charge >= 0.3 is 0 Å². The minimum atomic E-state index is 0.484. The lowest BCUT2D eigenvalue weighted by Crippen LogP contribution is -2.02. The fourth-order valence-corrected chi connectivity index (χ4v) is 5.08. The minimum absolute atomic E-state index is 0.484. The van der Waals surface area contributed by atoms with Crippen molar-refractivity contribution in [2.75, 3.05) is 0 Å². The van der Waals surface area contributed by atoms with Gasteiger partial charge in [-0.1, -0.05) is 60.7 Å². The molecule has 0 aliphatic carbocycles. The van der Waals surface area contributed by atoms with Gasteiger partial charge in [-0.15, -0.1) is 0 Å². The number of pyridine rings is 4. The first-order valence-corrected chi connectivity index (χ1v) is 13.2. The van der Waals surface area contributed by atoms with Gasteiger partial charge < -0.3 is 0 Å². The van der Waals surface area contributed by atoms with Crippen molar-refractivity contribution >= 4 is 27.6 Å². The molecule has 0 saturated heterocycles. The minimum Gasteiger partial charge on any atom is -0.284 e. The summed E-state index contributed by atoms with van der Waals surface area (Å²) in [5, 5.41) is 2.08. The Bertz CT molecular complexity index is 2150. The molecule has 0 spiro atoms. The summed E-state index contributed by atoms with van der Waals surface area (Å²) in [6, 6.07) is 33.7. The predicted octanol–water partition coefficient (Wildman–Crippen LogP) is 6.68. The summed E-state index contributed by atoms with van der Waals surface area (Å²) in [7, 11) is 0. The average Bonchev–Trinajstić information content (AvgIpc) is 3.44. The summed E-state index contributed by atoms with van der Waals surface area (Å²) in [5.41, 5.74) is 6.53. The Morgan fingerprint density at radius 3 is 1.88 bits per heavy atom. The number of hydrogen-bond donors (Lipinski definition) is 0. The molecule has 8 heteroatoms. The third-order valence-corrected chi connectivity index (χ3v) is 6.98. The van der Waals surface area contributed by atoms with Crippen molar-refractivity contribution in [3.8, 4) is 45.7 Å². The van der Waals surface area contributed by atoms with Crippen LogP contribution in [-0.4, -0.2) is 39.3 Å². The normalized spacial score (nSPS) is 11.4. The van der Waals surface area contributed by atoms with Crippen LogP contribution in [0.15, 0.2) is 122 Å². The summed E-state index contributed by atoms with van der Waals surface area (Å²) >= 11 is 0. The maximum atomic E-state index is 5.15. The number of benzene rings is 2. The number of hydrogen-bond acceptors (Lipinski definition) is 7.